The fourth-order valence-electron chi connectivity index (χ4n) is 6.68. The number of anilines is 3. The number of fused-ring (bicyclic) bond motifs is 4. The summed E-state index contributed by atoms with van der Waals surface area (Å²) in [6.45, 7) is -2.03. The van der Waals surface area contributed by atoms with Crippen molar-refractivity contribution in [2.24, 2.45) is 0 Å². The molecule has 8 aromatic rings. The van der Waals surface area contributed by atoms with Gasteiger partial charge in [0.05, 0.1) is 18.0 Å². The van der Waals surface area contributed by atoms with Gasteiger partial charge in [0.2, 0.25) is 0 Å². The van der Waals surface area contributed by atoms with E-state index in [2.05, 4.69) is 114 Å². The van der Waals surface area contributed by atoms with Crippen LogP contribution < -0.4 is 9.80 Å². The topological polar surface area (TPSA) is 24.3 Å². The molecule has 0 N–H and O–H groups in total. The Morgan fingerprint density at radius 3 is 2.24 bits per heavy atom. The van der Waals surface area contributed by atoms with Crippen LogP contribution in [-0.4, -0.2) is 23.2 Å². The first-order valence-corrected chi connectivity index (χ1v) is 16.7. The molecule has 0 saturated heterocycles. The van der Waals surface area contributed by atoms with Crippen LogP contribution in [0.2, 0.25) is 0 Å². The standard InChI is InChI=1S/C43H30N4S.Pt/c1-45-29-46(41-21-10-9-20-40(41)45)32-14-11-15-33(27-32)48-34-22-23-38-37-18-7-8-19-39(37)47(42(38)28-34)43-26-31(24-25-44-43)36-17-6-5-16-35(36)30-12-3-2-4-13-30;/h2-26H,29H2,1H3;/q-2;+2/i1D3;. The summed E-state index contributed by atoms with van der Waals surface area (Å²) in [5.74, 6) is 0.819. The van der Waals surface area contributed by atoms with Gasteiger partial charge < -0.3 is 14.4 Å². The monoisotopic (exact) mass is 832 g/mol. The second-order valence-corrected chi connectivity index (χ2v) is 12.8. The second kappa shape index (κ2) is 13.1. The van der Waals surface area contributed by atoms with Crippen LogP contribution in [0, 0.1) is 12.1 Å². The Labute approximate surface area is 309 Å². The molecule has 1 aliphatic heterocycles. The van der Waals surface area contributed by atoms with E-state index in [-0.39, 0.29) is 27.7 Å². The van der Waals surface area contributed by atoms with E-state index in [1.165, 1.54) is 16.0 Å². The molecular weight excluding hydrogens is 800 g/mol. The molecule has 1 aliphatic rings. The van der Waals surface area contributed by atoms with Gasteiger partial charge in [-0.15, -0.1) is 45.1 Å². The molecule has 0 spiro atoms. The number of rotatable bonds is 6. The number of para-hydroxylation sites is 3. The van der Waals surface area contributed by atoms with Gasteiger partial charge >= 0.3 is 21.1 Å². The molecule has 6 aromatic carbocycles. The molecule has 3 heterocycles. The van der Waals surface area contributed by atoms with Gasteiger partial charge in [-0.2, -0.15) is 24.3 Å². The van der Waals surface area contributed by atoms with Crippen LogP contribution >= 0.6 is 11.8 Å². The molecule has 0 saturated carbocycles. The van der Waals surface area contributed by atoms with Crippen molar-refractivity contribution >= 4 is 50.6 Å². The van der Waals surface area contributed by atoms with E-state index in [1.54, 1.807) is 11.8 Å². The summed E-state index contributed by atoms with van der Waals surface area (Å²) < 4.78 is 26.5. The summed E-state index contributed by atoms with van der Waals surface area (Å²) in [6, 6.07) is 56.8. The number of hydrogen-bond acceptors (Lipinski definition) is 4. The quantitative estimate of drug-likeness (QED) is 0.156. The van der Waals surface area contributed by atoms with Crippen molar-refractivity contribution < 1.29 is 25.2 Å². The van der Waals surface area contributed by atoms with Crippen LogP contribution in [0.25, 0.3) is 49.9 Å². The summed E-state index contributed by atoms with van der Waals surface area (Å²) in [6.07, 6.45) is 1.88. The average Bonchev–Trinajstić information content (AvgIpc) is 3.72. The van der Waals surface area contributed by atoms with Gasteiger partial charge in [0, 0.05) is 22.8 Å². The fourth-order valence-corrected chi connectivity index (χ4v) is 7.50. The van der Waals surface area contributed by atoms with Gasteiger partial charge in [-0.25, -0.2) is 4.98 Å². The number of aromatic nitrogens is 2. The molecule has 0 amide bonds. The Balaban J connectivity index is 0.00000387. The molecule has 238 valence electrons. The SMILES string of the molecule is [2H]C([2H])([2H])N1CN(c2[c-]c(Sc3[c-]c4c(cc3)c3ccccc3n4-c3cc(-c4ccccc4-c4ccccc4)ccn3)ccc2)c2ccccc21.[Pt+2]. The molecule has 4 nitrogen and oxygen atoms in total. The number of benzene rings is 6. The molecule has 0 unspecified atom stereocenters. The van der Waals surface area contributed by atoms with Crippen molar-refractivity contribution in [3.63, 3.8) is 0 Å². The van der Waals surface area contributed by atoms with Gasteiger partial charge in [0.1, 0.15) is 5.82 Å². The van der Waals surface area contributed by atoms with E-state index in [0.717, 1.165) is 59.9 Å². The Bertz CT molecular complexity index is 2570. The number of hydrogen-bond donors (Lipinski definition) is 0. The van der Waals surface area contributed by atoms with E-state index in [9.17, 15) is 0 Å². The molecule has 0 bridgehead atoms. The summed E-state index contributed by atoms with van der Waals surface area (Å²) in [4.78, 5) is 10.2. The molecule has 0 radical (unpaired) electrons. The van der Waals surface area contributed by atoms with Gasteiger partial charge in [0.25, 0.3) is 0 Å². The average molecular weight is 833 g/mol. The first-order chi connectivity index (χ1) is 24.9. The summed E-state index contributed by atoms with van der Waals surface area (Å²) in [5.41, 5.74) is 8.93. The van der Waals surface area contributed by atoms with Gasteiger partial charge in [-0.3, -0.25) is 0 Å². The summed E-state index contributed by atoms with van der Waals surface area (Å²) in [5, 5.41) is 2.24. The van der Waals surface area contributed by atoms with Crippen molar-refractivity contribution in [2.75, 3.05) is 23.4 Å². The third kappa shape index (κ3) is 5.63. The van der Waals surface area contributed by atoms with Crippen LogP contribution in [0.15, 0.2) is 162 Å². The van der Waals surface area contributed by atoms with E-state index in [1.807, 2.05) is 59.6 Å². The van der Waals surface area contributed by atoms with Gasteiger partial charge in [-0.05, 0) is 58.0 Å². The largest absolute Gasteiger partial charge is 2.00 e. The maximum absolute atomic E-state index is 8.10. The maximum Gasteiger partial charge on any atom is 2.00 e. The van der Waals surface area contributed by atoms with E-state index < -0.39 is 6.98 Å². The molecule has 0 atom stereocenters. The van der Waals surface area contributed by atoms with Crippen LogP contribution in [0.4, 0.5) is 17.1 Å². The van der Waals surface area contributed by atoms with Crippen molar-refractivity contribution in [1.82, 2.24) is 9.55 Å². The number of nitrogens with zero attached hydrogens (tertiary/aromatic N) is 4. The molecule has 6 heteroatoms. The Kier molecular flexibility index (Phi) is 7.42. The molecule has 0 fully saturated rings. The van der Waals surface area contributed by atoms with Crippen LogP contribution in [-0.2, 0) is 21.1 Å². The van der Waals surface area contributed by atoms with Crippen LogP contribution in [0.5, 0.6) is 0 Å². The zero-order valence-electron chi connectivity index (χ0n) is 29.2. The van der Waals surface area contributed by atoms with Crippen LogP contribution in [0.1, 0.15) is 4.11 Å². The van der Waals surface area contributed by atoms with Crippen LogP contribution in [0.3, 0.4) is 0 Å². The van der Waals surface area contributed by atoms with Gasteiger partial charge in [0.15, 0.2) is 0 Å². The first kappa shape index (κ1) is 27.8. The molecular formula is C43H30N4PtS. The molecule has 2 aromatic heterocycles. The zero-order chi connectivity index (χ0) is 34.5. The van der Waals surface area contributed by atoms with E-state index >= 15 is 0 Å². The third-order valence-corrected chi connectivity index (χ3v) is 9.78. The molecule has 9 rings (SSSR count). The minimum absolute atomic E-state index is 0. The summed E-state index contributed by atoms with van der Waals surface area (Å²) >= 11 is 1.58. The minimum atomic E-state index is -2.25. The molecule has 49 heavy (non-hydrogen) atoms. The Morgan fingerprint density at radius 1 is 0.653 bits per heavy atom. The summed E-state index contributed by atoms with van der Waals surface area (Å²) in [7, 11) is 0. The smallest absolute Gasteiger partial charge is 0.355 e. The van der Waals surface area contributed by atoms with Crippen molar-refractivity contribution in [1.29, 1.82) is 0 Å². The first-order valence-electron chi connectivity index (χ1n) is 17.3. The fraction of sp³-hybridized carbons (Fsp3) is 0.0465. The Morgan fingerprint density at radius 2 is 1.39 bits per heavy atom. The predicted octanol–water partition coefficient (Wildman–Crippen LogP) is 10.8. The van der Waals surface area contributed by atoms with Crippen molar-refractivity contribution in [3.05, 3.63) is 164 Å². The zero-order valence-corrected chi connectivity index (χ0v) is 29.2. The Hall–Kier alpha value is -5.09. The normalized spacial score (nSPS) is 13.5. The minimum Gasteiger partial charge on any atom is -0.355 e. The number of pyridine rings is 1. The predicted molar refractivity (Wildman–Crippen MR) is 200 cm³/mol. The molecule has 0 aliphatic carbocycles. The van der Waals surface area contributed by atoms with E-state index in [4.69, 9.17) is 9.10 Å². The third-order valence-electron chi connectivity index (χ3n) is 8.86. The van der Waals surface area contributed by atoms with Gasteiger partial charge in [-0.1, -0.05) is 96.1 Å². The second-order valence-electron chi connectivity index (χ2n) is 11.7. The van der Waals surface area contributed by atoms with E-state index in [0.29, 0.717) is 5.69 Å². The van der Waals surface area contributed by atoms with Crippen molar-refractivity contribution in [2.45, 2.75) is 9.79 Å². The maximum atomic E-state index is 8.10. The van der Waals surface area contributed by atoms with Crippen molar-refractivity contribution in [3.8, 4) is 28.1 Å².